The van der Waals surface area contributed by atoms with E-state index in [1.165, 1.54) is 0 Å². The van der Waals surface area contributed by atoms with E-state index in [0.29, 0.717) is 5.88 Å². The van der Waals surface area contributed by atoms with E-state index in [9.17, 15) is 5.11 Å². The molecule has 1 aromatic heterocycles. The van der Waals surface area contributed by atoms with E-state index in [2.05, 4.69) is 0 Å². The van der Waals surface area contributed by atoms with Gasteiger partial charge in [0.15, 0.2) is 0 Å². The molecule has 11 heavy (non-hydrogen) atoms. The predicted molar refractivity (Wildman–Crippen MR) is 49.2 cm³/mol. The third-order valence-electron chi connectivity index (χ3n) is 1.48. The van der Waals surface area contributed by atoms with E-state index in [0.717, 1.165) is 17.7 Å². The lowest BCUT2D eigenvalue weighted by Crippen LogP contribution is -1.94. The van der Waals surface area contributed by atoms with Crippen molar-refractivity contribution in [1.82, 2.24) is 0 Å². The molecule has 62 valence electrons. The SMILES string of the molecule is OC(CCCCl)c1cccs1. The molecule has 0 saturated heterocycles. The first-order chi connectivity index (χ1) is 5.34. The highest BCUT2D eigenvalue weighted by Gasteiger charge is 2.06. The number of rotatable bonds is 4. The quantitative estimate of drug-likeness (QED) is 0.724. The molecule has 0 aliphatic heterocycles. The van der Waals surface area contributed by atoms with Gasteiger partial charge in [-0.1, -0.05) is 6.07 Å². The zero-order chi connectivity index (χ0) is 8.10. The van der Waals surface area contributed by atoms with Crippen LogP contribution in [0.2, 0.25) is 0 Å². The first-order valence-electron chi connectivity index (χ1n) is 3.62. The molecule has 0 aliphatic carbocycles. The van der Waals surface area contributed by atoms with Crippen molar-refractivity contribution in [2.45, 2.75) is 18.9 Å². The maximum Gasteiger partial charge on any atom is 0.0882 e. The fourth-order valence-corrected chi connectivity index (χ4v) is 1.79. The Morgan fingerprint density at radius 2 is 2.45 bits per heavy atom. The van der Waals surface area contributed by atoms with E-state index < -0.39 is 0 Å². The lowest BCUT2D eigenvalue weighted by molar-refractivity contribution is 0.170. The Labute approximate surface area is 75.6 Å². The van der Waals surface area contributed by atoms with Gasteiger partial charge in [-0.3, -0.25) is 0 Å². The predicted octanol–water partition coefficient (Wildman–Crippen LogP) is 2.80. The van der Waals surface area contributed by atoms with Crippen molar-refractivity contribution in [3.63, 3.8) is 0 Å². The number of aliphatic hydroxyl groups is 1. The van der Waals surface area contributed by atoms with Crippen LogP contribution < -0.4 is 0 Å². The third kappa shape index (κ3) is 2.81. The fourth-order valence-electron chi connectivity index (χ4n) is 0.894. The van der Waals surface area contributed by atoms with Gasteiger partial charge >= 0.3 is 0 Å². The van der Waals surface area contributed by atoms with Crippen molar-refractivity contribution in [3.8, 4) is 0 Å². The molecule has 0 radical (unpaired) electrons. The molecular weight excluding hydrogens is 180 g/mol. The van der Waals surface area contributed by atoms with Crippen LogP contribution in [0.25, 0.3) is 0 Å². The minimum atomic E-state index is -0.311. The maximum atomic E-state index is 9.49. The Morgan fingerprint density at radius 3 is 3.00 bits per heavy atom. The molecule has 0 aliphatic rings. The Hall–Kier alpha value is -0.0500. The fraction of sp³-hybridized carbons (Fsp3) is 0.500. The Kier molecular flexibility index (Phi) is 3.91. The molecule has 0 fully saturated rings. The summed E-state index contributed by atoms with van der Waals surface area (Å²) in [6.45, 7) is 0. The Balaban J connectivity index is 2.36. The van der Waals surface area contributed by atoms with Gasteiger partial charge in [-0.05, 0) is 24.3 Å². The van der Waals surface area contributed by atoms with Gasteiger partial charge in [-0.15, -0.1) is 22.9 Å². The summed E-state index contributed by atoms with van der Waals surface area (Å²) in [5.74, 6) is 0.627. The number of alkyl halides is 1. The van der Waals surface area contributed by atoms with Gasteiger partial charge in [0.25, 0.3) is 0 Å². The molecule has 1 atom stereocenters. The topological polar surface area (TPSA) is 20.2 Å². The lowest BCUT2D eigenvalue weighted by Gasteiger charge is -2.05. The molecule has 0 aromatic carbocycles. The number of thiophene rings is 1. The third-order valence-corrected chi connectivity index (χ3v) is 2.72. The van der Waals surface area contributed by atoms with Gasteiger partial charge in [-0.2, -0.15) is 0 Å². The monoisotopic (exact) mass is 190 g/mol. The average Bonchev–Trinajstić information content (AvgIpc) is 2.52. The molecule has 0 amide bonds. The van der Waals surface area contributed by atoms with E-state index >= 15 is 0 Å². The van der Waals surface area contributed by atoms with Crippen LogP contribution in [-0.4, -0.2) is 11.0 Å². The van der Waals surface area contributed by atoms with Crippen LogP contribution in [0.4, 0.5) is 0 Å². The second-order valence-electron chi connectivity index (χ2n) is 2.36. The van der Waals surface area contributed by atoms with Gasteiger partial charge in [0.05, 0.1) is 6.10 Å². The highest BCUT2D eigenvalue weighted by molar-refractivity contribution is 7.10. The van der Waals surface area contributed by atoms with E-state index in [1.807, 2.05) is 17.5 Å². The number of aliphatic hydroxyl groups excluding tert-OH is 1. The Morgan fingerprint density at radius 1 is 1.64 bits per heavy atom. The molecule has 1 nitrogen and oxygen atoms in total. The van der Waals surface area contributed by atoms with Gasteiger partial charge < -0.3 is 5.11 Å². The first kappa shape index (κ1) is 9.04. The second-order valence-corrected chi connectivity index (χ2v) is 3.72. The molecule has 3 heteroatoms. The summed E-state index contributed by atoms with van der Waals surface area (Å²) in [5, 5.41) is 11.5. The van der Waals surface area contributed by atoms with Crippen molar-refractivity contribution in [2.75, 3.05) is 5.88 Å². The van der Waals surface area contributed by atoms with Crippen LogP contribution in [0.3, 0.4) is 0 Å². The summed E-state index contributed by atoms with van der Waals surface area (Å²) in [6, 6.07) is 3.90. The second kappa shape index (κ2) is 4.75. The molecule has 1 N–H and O–H groups in total. The number of hydrogen-bond donors (Lipinski definition) is 1. The highest BCUT2D eigenvalue weighted by atomic mass is 35.5. The zero-order valence-corrected chi connectivity index (χ0v) is 7.74. The van der Waals surface area contributed by atoms with Crippen LogP contribution >= 0.6 is 22.9 Å². The van der Waals surface area contributed by atoms with Crippen LogP contribution in [0.5, 0.6) is 0 Å². The summed E-state index contributed by atoms with van der Waals surface area (Å²) in [6.07, 6.45) is 1.33. The zero-order valence-electron chi connectivity index (χ0n) is 6.16. The molecule has 0 bridgehead atoms. The largest absolute Gasteiger partial charge is 0.388 e. The van der Waals surface area contributed by atoms with Crippen molar-refractivity contribution < 1.29 is 5.11 Å². The minimum absolute atomic E-state index is 0.311. The molecular formula is C8H11ClOS. The summed E-state index contributed by atoms with van der Waals surface area (Å²) < 4.78 is 0. The molecule has 1 aromatic rings. The van der Waals surface area contributed by atoms with Gasteiger partial charge in [0.2, 0.25) is 0 Å². The van der Waals surface area contributed by atoms with Crippen LogP contribution in [0.15, 0.2) is 17.5 Å². The smallest absolute Gasteiger partial charge is 0.0882 e. The van der Waals surface area contributed by atoms with Crippen molar-refractivity contribution in [1.29, 1.82) is 0 Å². The van der Waals surface area contributed by atoms with Crippen LogP contribution in [-0.2, 0) is 0 Å². The molecule has 1 unspecified atom stereocenters. The van der Waals surface area contributed by atoms with Crippen molar-refractivity contribution in [3.05, 3.63) is 22.4 Å². The lowest BCUT2D eigenvalue weighted by atomic mass is 10.2. The summed E-state index contributed by atoms with van der Waals surface area (Å²) >= 11 is 7.09. The Bertz CT molecular complexity index is 186. The number of hydrogen-bond acceptors (Lipinski definition) is 2. The summed E-state index contributed by atoms with van der Waals surface area (Å²) in [4.78, 5) is 1.04. The van der Waals surface area contributed by atoms with E-state index in [-0.39, 0.29) is 6.10 Å². The number of halogens is 1. The average molecular weight is 191 g/mol. The standard InChI is InChI=1S/C8H11ClOS/c9-5-1-3-7(10)8-4-2-6-11-8/h2,4,6-7,10H,1,3,5H2. The molecule has 0 saturated carbocycles. The van der Waals surface area contributed by atoms with Gasteiger partial charge in [0.1, 0.15) is 0 Å². The van der Waals surface area contributed by atoms with E-state index in [1.54, 1.807) is 11.3 Å². The van der Waals surface area contributed by atoms with Crippen molar-refractivity contribution in [2.24, 2.45) is 0 Å². The van der Waals surface area contributed by atoms with Gasteiger partial charge in [0, 0.05) is 10.8 Å². The van der Waals surface area contributed by atoms with Crippen molar-refractivity contribution >= 4 is 22.9 Å². The summed E-state index contributed by atoms with van der Waals surface area (Å²) in [5.41, 5.74) is 0. The first-order valence-corrected chi connectivity index (χ1v) is 5.03. The summed E-state index contributed by atoms with van der Waals surface area (Å²) in [7, 11) is 0. The highest BCUT2D eigenvalue weighted by Crippen LogP contribution is 2.22. The van der Waals surface area contributed by atoms with Crippen LogP contribution in [0.1, 0.15) is 23.8 Å². The maximum absolute atomic E-state index is 9.49. The molecule has 0 spiro atoms. The van der Waals surface area contributed by atoms with E-state index in [4.69, 9.17) is 11.6 Å². The molecule has 1 rings (SSSR count). The van der Waals surface area contributed by atoms with Gasteiger partial charge in [-0.25, -0.2) is 0 Å². The van der Waals surface area contributed by atoms with Crippen LogP contribution in [0, 0.1) is 0 Å². The normalized spacial score (nSPS) is 13.3. The molecule has 1 heterocycles. The minimum Gasteiger partial charge on any atom is -0.388 e.